The van der Waals surface area contributed by atoms with E-state index < -0.39 is 0 Å². The van der Waals surface area contributed by atoms with Gasteiger partial charge in [0.05, 0.1) is 5.25 Å². The van der Waals surface area contributed by atoms with Crippen LogP contribution in [0, 0.1) is 19.8 Å². The van der Waals surface area contributed by atoms with Crippen LogP contribution in [-0.2, 0) is 4.79 Å². The van der Waals surface area contributed by atoms with Gasteiger partial charge in [0.15, 0.2) is 0 Å². The Hall–Kier alpha value is -1.82. The predicted octanol–water partition coefficient (Wildman–Crippen LogP) is 3.61. The molecule has 0 aliphatic heterocycles. The van der Waals surface area contributed by atoms with Gasteiger partial charge in [-0.3, -0.25) is 4.79 Å². The second kappa shape index (κ2) is 7.64. The number of carbonyl (C=O) groups excluding carboxylic acids is 1. The molecule has 2 rings (SSSR count). The number of nitrogens with one attached hydrogen (secondary N) is 1. The number of hydrogen-bond acceptors (Lipinski definition) is 5. The van der Waals surface area contributed by atoms with Crippen LogP contribution in [0.4, 0.5) is 0 Å². The molecule has 124 valence electrons. The number of amides is 1. The van der Waals surface area contributed by atoms with E-state index in [-0.39, 0.29) is 11.2 Å². The van der Waals surface area contributed by atoms with Crippen molar-refractivity contribution in [2.75, 3.05) is 6.54 Å². The van der Waals surface area contributed by atoms with Gasteiger partial charge in [-0.1, -0.05) is 31.7 Å². The highest BCUT2D eigenvalue weighted by Gasteiger charge is 2.18. The van der Waals surface area contributed by atoms with Crippen molar-refractivity contribution >= 4 is 17.7 Å². The summed E-state index contributed by atoms with van der Waals surface area (Å²) in [5.41, 5.74) is 3.29. The standard InChI is InChI=1S/C17H23N3O2S/c1-10(2)9-18-15(21)13(5)23-17-20-19-16(22-17)14-7-6-11(3)12(4)8-14/h6-8,10,13H,9H2,1-5H3,(H,18,21)/t13-/m1/s1. The van der Waals surface area contributed by atoms with Crippen LogP contribution >= 0.6 is 11.8 Å². The first-order chi connectivity index (χ1) is 10.9. The lowest BCUT2D eigenvalue weighted by atomic mass is 10.1. The molecule has 0 aliphatic rings. The lowest BCUT2D eigenvalue weighted by Crippen LogP contribution is -2.33. The van der Waals surface area contributed by atoms with Gasteiger partial charge in [0.1, 0.15) is 0 Å². The fourth-order valence-electron chi connectivity index (χ4n) is 1.90. The predicted molar refractivity (Wildman–Crippen MR) is 92.4 cm³/mol. The fraction of sp³-hybridized carbons (Fsp3) is 0.471. The Bertz CT molecular complexity index is 682. The highest BCUT2D eigenvalue weighted by Crippen LogP contribution is 2.27. The highest BCUT2D eigenvalue weighted by molar-refractivity contribution is 8.00. The lowest BCUT2D eigenvalue weighted by Gasteiger charge is -2.11. The van der Waals surface area contributed by atoms with Crippen LogP contribution in [0.15, 0.2) is 27.8 Å². The number of aryl methyl sites for hydroxylation is 2. The molecule has 0 fully saturated rings. The molecule has 0 aliphatic carbocycles. The normalized spacial score (nSPS) is 12.4. The van der Waals surface area contributed by atoms with Gasteiger partial charge in [0.2, 0.25) is 11.8 Å². The highest BCUT2D eigenvalue weighted by atomic mass is 32.2. The third kappa shape index (κ3) is 4.82. The number of thioether (sulfide) groups is 1. The molecular weight excluding hydrogens is 310 g/mol. The zero-order valence-electron chi connectivity index (χ0n) is 14.2. The lowest BCUT2D eigenvalue weighted by molar-refractivity contribution is -0.120. The van der Waals surface area contributed by atoms with Gasteiger partial charge >= 0.3 is 0 Å². The Morgan fingerprint density at radius 2 is 1.96 bits per heavy atom. The molecule has 1 amide bonds. The maximum Gasteiger partial charge on any atom is 0.277 e. The van der Waals surface area contributed by atoms with Crippen molar-refractivity contribution in [2.45, 2.75) is 45.1 Å². The number of rotatable bonds is 6. The van der Waals surface area contributed by atoms with E-state index in [1.807, 2.05) is 32.0 Å². The van der Waals surface area contributed by atoms with Gasteiger partial charge < -0.3 is 9.73 Å². The van der Waals surface area contributed by atoms with Gasteiger partial charge in [-0.05, 0) is 49.9 Å². The molecule has 0 bridgehead atoms. The van der Waals surface area contributed by atoms with Crippen LogP contribution in [0.2, 0.25) is 0 Å². The Balaban J connectivity index is 2.01. The van der Waals surface area contributed by atoms with E-state index in [1.165, 1.54) is 22.9 Å². The molecular formula is C17H23N3O2S. The summed E-state index contributed by atoms with van der Waals surface area (Å²) in [4.78, 5) is 12.0. The maximum absolute atomic E-state index is 12.0. The van der Waals surface area contributed by atoms with Crippen LogP contribution in [0.1, 0.15) is 31.9 Å². The van der Waals surface area contributed by atoms with Crippen molar-refractivity contribution in [2.24, 2.45) is 5.92 Å². The first-order valence-corrected chi connectivity index (χ1v) is 8.60. The molecule has 6 heteroatoms. The Labute approximate surface area is 141 Å². The SMILES string of the molecule is Cc1ccc(-c2nnc(S[C@H](C)C(=O)NCC(C)C)o2)cc1C. The zero-order chi connectivity index (χ0) is 17.0. The average molecular weight is 333 g/mol. The van der Waals surface area contributed by atoms with Gasteiger partial charge in [-0.25, -0.2) is 0 Å². The van der Waals surface area contributed by atoms with E-state index in [0.717, 1.165) is 5.56 Å². The topological polar surface area (TPSA) is 68.0 Å². The van der Waals surface area contributed by atoms with Crippen LogP contribution in [0.3, 0.4) is 0 Å². The quantitative estimate of drug-likeness (QED) is 0.818. The second-order valence-corrected chi connectivity index (χ2v) is 7.36. The molecule has 0 unspecified atom stereocenters. The van der Waals surface area contributed by atoms with Gasteiger partial charge in [-0.2, -0.15) is 0 Å². The fourth-order valence-corrected chi connectivity index (χ4v) is 2.61. The largest absolute Gasteiger partial charge is 0.411 e. The molecule has 0 spiro atoms. The minimum atomic E-state index is -0.276. The molecule has 0 saturated heterocycles. The Morgan fingerprint density at radius 1 is 1.22 bits per heavy atom. The van der Waals surface area contributed by atoms with Gasteiger partial charge in [0, 0.05) is 12.1 Å². The molecule has 23 heavy (non-hydrogen) atoms. The summed E-state index contributed by atoms with van der Waals surface area (Å²) >= 11 is 1.27. The van der Waals surface area contributed by atoms with E-state index in [0.29, 0.717) is 23.6 Å². The van der Waals surface area contributed by atoms with E-state index in [1.54, 1.807) is 0 Å². The molecule has 1 N–H and O–H groups in total. The van der Waals surface area contributed by atoms with E-state index >= 15 is 0 Å². The second-order valence-electron chi connectivity index (χ2n) is 6.07. The Morgan fingerprint density at radius 3 is 2.61 bits per heavy atom. The monoisotopic (exact) mass is 333 g/mol. The smallest absolute Gasteiger partial charge is 0.277 e. The summed E-state index contributed by atoms with van der Waals surface area (Å²) in [5.74, 6) is 0.885. The molecule has 1 aromatic carbocycles. The van der Waals surface area contributed by atoms with Crippen molar-refractivity contribution in [1.82, 2.24) is 15.5 Å². The zero-order valence-corrected chi connectivity index (χ0v) is 15.0. The Kier molecular flexibility index (Phi) is 5.82. The van der Waals surface area contributed by atoms with Gasteiger partial charge in [0.25, 0.3) is 5.22 Å². The van der Waals surface area contributed by atoms with E-state index in [2.05, 4.69) is 36.3 Å². The molecule has 5 nitrogen and oxygen atoms in total. The van der Waals surface area contributed by atoms with Crippen LogP contribution < -0.4 is 5.32 Å². The van der Waals surface area contributed by atoms with Crippen molar-refractivity contribution in [3.63, 3.8) is 0 Å². The third-order valence-corrected chi connectivity index (χ3v) is 4.43. The molecule has 0 radical (unpaired) electrons. The summed E-state index contributed by atoms with van der Waals surface area (Å²) in [5, 5.41) is 11.1. The summed E-state index contributed by atoms with van der Waals surface area (Å²) in [7, 11) is 0. The number of nitrogens with zero attached hydrogens (tertiary/aromatic N) is 2. The average Bonchev–Trinajstić information content (AvgIpc) is 2.96. The minimum Gasteiger partial charge on any atom is -0.411 e. The third-order valence-electron chi connectivity index (χ3n) is 3.49. The van der Waals surface area contributed by atoms with Gasteiger partial charge in [-0.15, -0.1) is 10.2 Å². The summed E-state index contributed by atoms with van der Waals surface area (Å²) < 4.78 is 5.67. The minimum absolute atomic E-state index is 0.0189. The van der Waals surface area contributed by atoms with Crippen LogP contribution in [0.5, 0.6) is 0 Å². The van der Waals surface area contributed by atoms with Crippen LogP contribution in [0.25, 0.3) is 11.5 Å². The number of benzene rings is 1. The van der Waals surface area contributed by atoms with Crippen LogP contribution in [-0.4, -0.2) is 27.9 Å². The number of hydrogen-bond donors (Lipinski definition) is 1. The molecule has 1 heterocycles. The van der Waals surface area contributed by atoms with Crippen molar-refractivity contribution in [3.05, 3.63) is 29.3 Å². The first kappa shape index (κ1) is 17.5. The number of carbonyl (C=O) groups is 1. The van der Waals surface area contributed by atoms with Crippen molar-refractivity contribution < 1.29 is 9.21 Å². The number of aromatic nitrogens is 2. The summed E-state index contributed by atoms with van der Waals surface area (Å²) in [6.07, 6.45) is 0. The van der Waals surface area contributed by atoms with Crippen molar-refractivity contribution in [3.8, 4) is 11.5 Å². The van der Waals surface area contributed by atoms with E-state index in [9.17, 15) is 4.79 Å². The van der Waals surface area contributed by atoms with Crippen molar-refractivity contribution in [1.29, 1.82) is 0 Å². The summed E-state index contributed by atoms with van der Waals surface area (Å²) in [6, 6.07) is 6.02. The molecule has 2 aromatic rings. The maximum atomic E-state index is 12.0. The van der Waals surface area contributed by atoms with E-state index in [4.69, 9.17) is 4.42 Å². The molecule has 0 saturated carbocycles. The summed E-state index contributed by atoms with van der Waals surface area (Å²) in [6.45, 7) is 10.7. The first-order valence-electron chi connectivity index (χ1n) is 7.72. The molecule has 1 atom stereocenters. The molecule has 1 aromatic heterocycles.